The van der Waals surface area contributed by atoms with E-state index < -0.39 is 0 Å². The zero-order chi connectivity index (χ0) is 13.0. The lowest BCUT2D eigenvalue weighted by Crippen LogP contribution is -2.20. The molecule has 0 radical (unpaired) electrons. The third kappa shape index (κ3) is 3.18. The van der Waals surface area contributed by atoms with Gasteiger partial charge in [0, 0.05) is 12.1 Å². The van der Waals surface area contributed by atoms with Crippen LogP contribution in [0, 0.1) is 0 Å². The van der Waals surface area contributed by atoms with E-state index in [-0.39, 0.29) is 0 Å². The van der Waals surface area contributed by atoms with Crippen molar-refractivity contribution in [2.75, 3.05) is 7.05 Å². The number of furan rings is 1. The molecule has 0 aliphatic rings. The van der Waals surface area contributed by atoms with E-state index in [1.54, 1.807) is 6.26 Å². The van der Waals surface area contributed by atoms with Crippen LogP contribution in [0.4, 0.5) is 0 Å². The standard InChI is InChI=1S/C14H16N2OS/c1-16(10-12-6-4-8-17-12)9-11-5-2-3-7-13(11)14(15)18/h2-8H,9-10H2,1H3,(H2,15,18). The summed E-state index contributed by atoms with van der Waals surface area (Å²) >= 11 is 5.06. The van der Waals surface area contributed by atoms with Crippen molar-refractivity contribution < 1.29 is 4.42 Å². The summed E-state index contributed by atoms with van der Waals surface area (Å²) in [6.45, 7) is 1.55. The highest BCUT2D eigenvalue weighted by Gasteiger charge is 2.08. The van der Waals surface area contributed by atoms with Crippen LogP contribution in [0.15, 0.2) is 47.1 Å². The van der Waals surface area contributed by atoms with Crippen molar-refractivity contribution in [3.8, 4) is 0 Å². The van der Waals surface area contributed by atoms with E-state index in [9.17, 15) is 0 Å². The van der Waals surface area contributed by atoms with Crippen molar-refractivity contribution in [2.45, 2.75) is 13.1 Å². The van der Waals surface area contributed by atoms with Gasteiger partial charge in [0.2, 0.25) is 0 Å². The fourth-order valence-electron chi connectivity index (χ4n) is 1.91. The van der Waals surface area contributed by atoms with E-state index in [1.807, 2.05) is 43.4 Å². The molecule has 0 aliphatic carbocycles. The summed E-state index contributed by atoms with van der Waals surface area (Å²) in [4.78, 5) is 2.60. The largest absolute Gasteiger partial charge is 0.468 e. The summed E-state index contributed by atoms with van der Waals surface area (Å²) in [5.41, 5.74) is 7.80. The van der Waals surface area contributed by atoms with Crippen molar-refractivity contribution in [3.63, 3.8) is 0 Å². The van der Waals surface area contributed by atoms with Crippen molar-refractivity contribution in [1.29, 1.82) is 0 Å². The molecule has 2 rings (SSSR count). The second kappa shape index (κ2) is 5.80. The van der Waals surface area contributed by atoms with E-state index >= 15 is 0 Å². The van der Waals surface area contributed by atoms with Gasteiger partial charge in [-0.2, -0.15) is 0 Å². The molecule has 0 spiro atoms. The van der Waals surface area contributed by atoms with Gasteiger partial charge in [-0.05, 0) is 24.7 Å². The normalized spacial score (nSPS) is 10.8. The number of benzene rings is 1. The zero-order valence-corrected chi connectivity index (χ0v) is 11.1. The number of hydrogen-bond acceptors (Lipinski definition) is 3. The van der Waals surface area contributed by atoms with E-state index in [2.05, 4.69) is 4.90 Å². The van der Waals surface area contributed by atoms with Gasteiger partial charge in [-0.3, -0.25) is 4.90 Å². The van der Waals surface area contributed by atoms with Gasteiger partial charge in [-0.25, -0.2) is 0 Å². The molecule has 0 fully saturated rings. The Morgan fingerprint density at radius 1 is 1.22 bits per heavy atom. The van der Waals surface area contributed by atoms with Crippen molar-refractivity contribution in [2.24, 2.45) is 5.73 Å². The minimum absolute atomic E-state index is 0.442. The van der Waals surface area contributed by atoms with E-state index in [4.69, 9.17) is 22.4 Å². The SMILES string of the molecule is CN(Cc1ccco1)Cc1ccccc1C(N)=S. The number of nitrogens with two attached hydrogens (primary N) is 1. The molecule has 0 saturated carbocycles. The van der Waals surface area contributed by atoms with Gasteiger partial charge in [-0.1, -0.05) is 36.5 Å². The summed E-state index contributed by atoms with van der Waals surface area (Å²) in [5, 5.41) is 0. The van der Waals surface area contributed by atoms with Crippen LogP contribution in [0.5, 0.6) is 0 Å². The Balaban J connectivity index is 2.07. The molecule has 0 saturated heterocycles. The third-order valence-corrected chi connectivity index (χ3v) is 2.95. The van der Waals surface area contributed by atoms with Crippen LogP contribution in [0.1, 0.15) is 16.9 Å². The Labute approximate surface area is 112 Å². The molecule has 94 valence electrons. The van der Waals surface area contributed by atoms with Crippen LogP contribution in [-0.2, 0) is 13.1 Å². The average Bonchev–Trinajstić information content (AvgIpc) is 2.82. The van der Waals surface area contributed by atoms with Crippen molar-refractivity contribution in [1.82, 2.24) is 4.90 Å². The molecule has 18 heavy (non-hydrogen) atoms. The summed E-state index contributed by atoms with van der Waals surface area (Å²) in [5.74, 6) is 0.949. The maximum atomic E-state index is 5.72. The molecular weight excluding hydrogens is 244 g/mol. The lowest BCUT2D eigenvalue weighted by molar-refractivity contribution is 0.288. The minimum Gasteiger partial charge on any atom is -0.468 e. The molecular formula is C14H16N2OS. The molecule has 1 aromatic heterocycles. The Morgan fingerprint density at radius 3 is 2.67 bits per heavy atom. The van der Waals surface area contributed by atoms with E-state index in [1.165, 1.54) is 0 Å². The quantitative estimate of drug-likeness (QED) is 0.839. The second-order valence-corrected chi connectivity index (χ2v) is 4.71. The molecule has 0 aliphatic heterocycles. The van der Waals surface area contributed by atoms with Crippen LogP contribution in [-0.4, -0.2) is 16.9 Å². The van der Waals surface area contributed by atoms with Crippen LogP contribution < -0.4 is 5.73 Å². The van der Waals surface area contributed by atoms with Gasteiger partial charge in [0.05, 0.1) is 12.8 Å². The van der Waals surface area contributed by atoms with Crippen molar-refractivity contribution in [3.05, 3.63) is 59.5 Å². The van der Waals surface area contributed by atoms with E-state index in [0.29, 0.717) is 4.99 Å². The topological polar surface area (TPSA) is 42.4 Å². The predicted molar refractivity (Wildman–Crippen MR) is 76.2 cm³/mol. The monoisotopic (exact) mass is 260 g/mol. The van der Waals surface area contributed by atoms with E-state index in [0.717, 1.165) is 30.0 Å². The van der Waals surface area contributed by atoms with Crippen LogP contribution in [0.3, 0.4) is 0 Å². The summed E-state index contributed by atoms with van der Waals surface area (Å²) in [6, 6.07) is 11.8. The first-order chi connectivity index (χ1) is 8.66. The number of rotatable bonds is 5. The molecule has 0 amide bonds. The molecule has 2 N–H and O–H groups in total. The highest BCUT2D eigenvalue weighted by atomic mass is 32.1. The Kier molecular flexibility index (Phi) is 4.12. The van der Waals surface area contributed by atoms with Crippen molar-refractivity contribution >= 4 is 17.2 Å². The van der Waals surface area contributed by atoms with Gasteiger partial charge in [-0.15, -0.1) is 0 Å². The maximum absolute atomic E-state index is 5.72. The Bertz CT molecular complexity index is 522. The highest BCUT2D eigenvalue weighted by molar-refractivity contribution is 7.80. The number of hydrogen-bond donors (Lipinski definition) is 1. The summed E-state index contributed by atoms with van der Waals surface area (Å²) in [7, 11) is 2.04. The second-order valence-electron chi connectivity index (χ2n) is 4.27. The molecule has 1 heterocycles. The average molecular weight is 260 g/mol. The predicted octanol–water partition coefficient (Wildman–Crippen LogP) is 2.55. The highest BCUT2D eigenvalue weighted by Crippen LogP contribution is 2.13. The number of thiocarbonyl (C=S) groups is 1. The summed E-state index contributed by atoms with van der Waals surface area (Å²) < 4.78 is 5.33. The van der Waals surface area contributed by atoms with Gasteiger partial charge < -0.3 is 10.2 Å². The van der Waals surface area contributed by atoms with Crippen LogP contribution >= 0.6 is 12.2 Å². The minimum atomic E-state index is 0.442. The third-order valence-electron chi connectivity index (χ3n) is 2.73. The lowest BCUT2D eigenvalue weighted by atomic mass is 10.1. The van der Waals surface area contributed by atoms with Gasteiger partial charge in [0.1, 0.15) is 10.7 Å². The Hall–Kier alpha value is -1.65. The molecule has 0 unspecified atom stereocenters. The lowest BCUT2D eigenvalue weighted by Gasteiger charge is -2.17. The van der Waals surface area contributed by atoms with Gasteiger partial charge in [0.25, 0.3) is 0 Å². The smallest absolute Gasteiger partial charge is 0.117 e. The fraction of sp³-hybridized carbons (Fsp3) is 0.214. The molecule has 1 aromatic carbocycles. The molecule has 0 atom stereocenters. The summed E-state index contributed by atoms with van der Waals surface area (Å²) in [6.07, 6.45) is 1.69. The van der Waals surface area contributed by atoms with Crippen LogP contribution in [0.25, 0.3) is 0 Å². The molecule has 3 nitrogen and oxygen atoms in total. The first kappa shape index (κ1) is 12.8. The van der Waals surface area contributed by atoms with Gasteiger partial charge in [0.15, 0.2) is 0 Å². The maximum Gasteiger partial charge on any atom is 0.117 e. The zero-order valence-electron chi connectivity index (χ0n) is 10.3. The number of nitrogens with zero attached hydrogens (tertiary/aromatic N) is 1. The van der Waals surface area contributed by atoms with Crippen LogP contribution in [0.2, 0.25) is 0 Å². The van der Waals surface area contributed by atoms with Gasteiger partial charge >= 0.3 is 0 Å². The molecule has 2 aromatic rings. The first-order valence-electron chi connectivity index (χ1n) is 5.75. The molecule has 4 heteroatoms. The first-order valence-corrected chi connectivity index (χ1v) is 6.16. The fourth-order valence-corrected chi connectivity index (χ4v) is 2.11. The Morgan fingerprint density at radius 2 is 2.00 bits per heavy atom. The molecule has 0 bridgehead atoms.